The van der Waals surface area contributed by atoms with Gasteiger partial charge in [-0.3, -0.25) is 4.79 Å². The topological polar surface area (TPSA) is 17.1 Å². The molecule has 1 aromatic heterocycles. The number of thioether (sulfide) groups is 1. The van der Waals surface area contributed by atoms with Gasteiger partial charge in [0.25, 0.3) is 0 Å². The van der Waals surface area contributed by atoms with Crippen LogP contribution in [-0.2, 0) is 0 Å². The van der Waals surface area contributed by atoms with Crippen molar-refractivity contribution in [1.29, 1.82) is 0 Å². The molecule has 0 atom stereocenters. The number of aryl methyl sites for hydroxylation is 1. The van der Waals surface area contributed by atoms with Crippen LogP contribution < -0.4 is 0 Å². The van der Waals surface area contributed by atoms with Gasteiger partial charge < -0.3 is 0 Å². The first-order valence-corrected chi connectivity index (χ1v) is 9.20. The zero-order chi connectivity index (χ0) is 15.7. The predicted octanol–water partition coefficient (Wildman–Crippen LogP) is 6.49. The molecule has 0 unspecified atom stereocenters. The van der Waals surface area contributed by atoms with Crippen molar-refractivity contribution in [3.8, 4) is 0 Å². The number of halogens is 2. The summed E-state index contributed by atoms with van der Waals surface area (Å²) < 4.78 is 0. The SMILES string of the molecule is Cc1sc(C(=O)CSc2ccc(Cl)cc2)c2ccc(Cl)cc12. The van der Waals surface area contributed by atoms with Crippen molar-refractivity contribution in [2.45, 2.75) is 11.8 Å². The van der Waals surface area contributed by atoms with Gasteiger partial charge in [-0.15, -0.1) is 23.1 Å². The second kappa shape index (κ2) is 6.63. The maximum absolute atomic E-state index is 12.5. The molecule has 1 heterocycles. The van der Waals surface area contributed by atoms with E-state index in [4.69, 9.17) is 23.2 Å². The minimum absolute atomic E-state index is 0.144. The van der Waals surface area contributed by atoms with Crippen LogP contribution in [0, 0.1) is 6.92 Å². The van der Waals surface area contributed by atoms with Crippen molar-refractivity contribution in [2.75, 3.05) is 5.75 Å². The first-order chi connectivity index (χ1) is 10.5. The Kier molecular flexibility index (Phi) is 4.79. The highest BCUT2D eigenvalue weighted by molar-refractivity contribution is 8.00. The summed E-state index contributed by atoms with van der Waals surface area (Å²) >= 11 is 15.0. The Balaban J connectivity index is 1.82. The van der Waals surface area contributed by atoms with Crippen LogP contribution in [0.15, 0.2) is 47.4 Å². The molecule has 2 aromatic carbocycles. The molecule has 22 heavy (non-hydrogen) atoms. The van der Waals surface area contributed by atoms with Gasteiger partial charge in [0.15, 0.2) is 5.78 Å². The number of carbonyl (C=O) groups excluding carboxylic acids is 1. The van der Waals surface area contributed by atoms with Gasteiger partial charge in [0, 0.05) is 25.2 Å². The number of ketones is 1. The highest BCUT2D eigenvalue weighted by Gasteiger charge is 2.15. The van der Waals surface area contributed by atoms with Gasteiger partial charge in [-0.2, -0.15) is 0 Å². The zero-order valence-electron chi connectivity index (χ0n) is 11.7. The summed E-state index contributed by atoms with van der Waals surface area (Å²) in [6.07, 6.45) is 0. The summed E-state index contributed by atoms with van der Waals surface area (Å²) in [5.41, 5.74) is 0. The average Bonchev–Trinajstić information content (AvgIpc) is 2.83. The first kappa shape index (κ1) is 15.9. The molecule has 0 bridgehead atoms. The van der Waals surface area contributed by atoms with Crippen molar-refractivity contribution in [2.24, 2.45) is 0 Å². The molecule has 3 rings (SSSR count). The van der Waals surface area contributed by atoms with Crippen molar-refractivity contribution in [3.63, 3.8) is 0 Å². The molecule has 5 heteroatoms. The van der Waals surface area contributed by atoms with E-state index in [1.165, 1.54) is 23.1 Å². The fourth-order valence-electron chi connectivity index (χ4n) is 2.22. The molecule has 0 fully saturated rings. The third-order valence-corrected chi connectivity index (χ3v) is 5.97. The zero-order valence-corrected chi connectivity index (χ0v) is 14.9. The number of fused-ring (bicyclic) bond motifs is 1. The number of carbonyl (C=O) groups is 1. The van der Waals surface area contributed by atoms with E-state index < -0.39 is 0 Å². The Morgan fingerprint density at radius 3 is 2.45 bits per heavy atom. The molecule has 0 aliphatic rings. The maximum atomic E-state index is 12.5. The van der Waals surface area contributed by atoms with Crippen LogP contribution in [0.1, 0.15) is 14.5 Å². The molecular formula is C17H12Cl2OS2. The molecule has 0 aliphatic heterocycles. The van der Waals surface area contributed by atoms with Gasteiger partial charge in [0.2, 0.25) is 0 Å². The van der Waals surface area contributed by atoms with Crippen LogP contribution in [0.5, 0.6) is 0 Å². The van der Waals surface area contributed by atoms with Gasteiger partial charge in [0.05, 0.1) is 10.6 Å². The third kappa shape index (κ3) is 3.33. The summed E-state index contributed by atoms with van der Waals surface area (Å²) in [5, 5.41) is 3.46. The normalized spacial score (nSPS) is 11.0. The second-order valence-corrected chi connectivity index (χ2v) is 7.99. The highest BCUT2D eigenvalue weighted by atomic mass is 35.5. The Labute approximate surface area is 147 Å². The van der Waals surface area contributed by atoms with Crippen LogP contribution in [0.2, 0.25) is 10.0 Å². The molecular weight excluding hydrogens is 355 g/mol. The van der Waals surface area contributed by atoms with Gasteiger partial charge in [0.1, 0.15) is 0 Å². The first-order valence-electron chi connectivity index (χ1n) is 6.65. The largest absolute Gasteiger partial charge is 0.292 e. The molecule has 112 valence electrons. The van der Waals surface area contributed by atoms with E-state index in [1.54, 1.807) is 0 Å². The Morgan fingerprint density at radius 2 is 1.73 bits per heavy atom. The summed E-state index contributed by atoms with van der Waals surface area (Å²) in [5.74, 6) is 0.560. The number of Topliss-reactive ketones (excluding diaryl/α,β-unsaturated/α-hetero) is 1. The van der Waals surface area contributed by atoms with Crippen molar-refractivity contribution in [3.05, 3.63) is 62.3 Å². The van der Waals surface area contributed by atoms with Crippen LogP contribution >= 0.6 is 46.3 Å². The minimum atomic E-state index is 0.144. The lowest BCUT2D eigenvalue weighted by Crippen LogP contribution is -1.99. The van der Waals surface area contributed by atoms with Crippen molar-refractivity contribution < 1.29 is 4.79 Å². The van der Waals surface area contributed by atoms with Gasteiger partial charge >= 0.3 is 0 Å². The van der Waals surface area contributed by atoms with E-state index >= 15 is 0 Å². The van der Waals surface area contributed by atoms with Crippen molar-refractivity contribution in [1.82, 2.24) is 0 Å². The monoisotopic (exact) mass is 366 g/mol. The summed E-state index contributed by atoms with van der Waals surface area (Å²) in [6.45, 7) is 2.02. The number of hydrogen-bond acceptors (Lipinski definition) is 3. The molecule has 0 spiro atoms. The molecule has 0 radical (unpaired) electrons. The van der Waals surface area contributed by atoms with Crippen LogP contribution in [0.25, 0.3) is 10.8 Å². The number of thiophene rings is 1. The van der Waals surface area contributed by atoms with Gasteiger partial charge in [-0.1, -0.05) is 29.3 Å². The van der Waals surface area contributed by atoms with E-state index in [-0.39, 0.29) is 5.78 Å². The Hall–Kier alpha value is -1.00. The van der Waals surface area contributed by atoms with Crippen LogP contribution in [0.3, 0.4) is 0 Å². The molecule has 0 aliphatic carbocycles. The molecule has 1 nitrogen and oxygen atoms in total. The lowest BCUT2D eigenvalue weighted by Gasteiger charge is -2.01. The predicted molar refractivity (Wildman–Crippen MR) is 98.1 cm³/mol. The van der Waals surface area contributed by atoms with Gasteiger partial charge in [-0.05, 0) is 48.7 Å². The van der Waals surface area contributed by atoms with E-state index in [0.717, 1.165) is 25.4 Å². The molecule has 0 saturated heterocycles. The van der Waals surface area contributed by atoms with Crippen LogP contribution in [0.4, 0.5) is 0 Å². The third-order valence-electron chi connectivity index (χ3n) is 3.30. The fraction of sp³-hybridized carbons (Fsp3) is 0.118. The fourth-order valence-corrected chi connectivity index (χ4v) is 4.44. The summed E-state index contributed by atoms with van der Waals surface area (Å²) in [4.78, 5) is 15.5. The summed E-state index contributed by atoms with van der Waals surface area (Å²) in [7, 11) is 0. The number of benzene rings is 2. The second-order valence-electron chi connectivity index (χ2n) is 4.84. The Bertz CT molecular complexity index is 838. The highest BCUT2D eigenvalue weighted by Crippen LogP contribution is 2.34. The lowest BCUT2D eigenvalue weighted by atomic mass is 10.1. The minimum Gasteiger partial charge on any atom is -0.292 e. The van der Waals surface area contributed by atoms with E-state index in [2.05, 4.69) is 0 Å². The van der Waals surface area contributed by atoms with E-state index in [0.29, 0.717) is 15.8 Å². The van der Waals surface area contributed by atoms with Crippen molar-refractivity contribution >= 4 is 62.9 Å². The standard InChI is InChI=1S/C17H12Cl2OS2/c1-10-15-8-12(19)4-7-14(15)17(22-10)16(20)9-21-13-5-2-11(18)3-6-13/h2-8H,9H2,1H3. The van der Waals surface area contributed by atoms with E-state index in [9.17, 15) is 4.79 Å². The van der Waals surface area contributed by atoms with Gasteiger partial charge in [-0.25, -0.2) is 0 Å². The molecule has 0 N–H and O–H groups in total. The van der Waals surface area contributed by atoms with E-state index in [1.807, 2.05) is 49.4 Å². The quantitative estimate of drug-likeness (QED) is 0.387. The number of rotatable bonds is 4. The molecule has 0 amide bonds. The average molecular weight is 367 g/mol. The maximum Gasteiger partial charge on any atom is 0.183 e. The molecule has 3 aromatic rings. The molecule has 0 saturated carbocycles. The Morgan fingerprint density at radius 1 is 1.05 bits per heavy atom. The smallest absolute Gasteiger partial charge is 0.183 e. The lowest BCUT2D eigenvalue weighted by molar-refractivity contribution is 0.102. The van der Waals surface area contributed by atoms with Crippen LogP contribution in [-0.4, -0.2) is 11.5 Å². The number of hydrogen-bond donors (Lipinski definition) is 0. The summed E-state index contributed by atoms with van der Waals surface area (Å²) in [6, 6.07) is 13.2.